The standard InChI is InChI=1S/C15H24N2/c1-12(13-8-9-13)16-10-14-6-4-5-7-15(14)11-17(2)3/h4-7,12-13,16H,8-11H2,1-3H3. The molecule has 0 heterocycles. The summed E-state index contributed by atoms with van der Waals surface area (Å²) in [5.41, 5.74) is 2.88. The van der Waals surface area contributed by atoms with E-state index >= 15 is 0 Å². The third kappa shape index (κ3) is 3.83. The Labute approximate surface area is 105 Å². The van der Waals surface area contributed by atoms with Crippen LogP contribution in [0.15, 0.2) is 24.3 Å². The highest BCUT2D eigenvalue weighted by Crippen LogP contribution is 2.32. The van der Waals surface area contributed by atoms with Crippen LogP contribution in [0.3, 0.4) is 0 Å². The summed E-state index contributed by atoms with van der Waals surface area (Å²) in [6, 6.07) is 9.41. The van der Waals surface area contributed by atoms with Gasteiger partial charge in [-0.1, -0.05) is 24.3 Å². The molecule has 1 aliphatic carbocycles. The number of hydrogen-bond donors (Lipinski definition) is 1. The van der Waals surface area contributed by atoms with Gasteiger partial charge in [0.05, 0.1) is 0 Å². The number of nitrogens with zero attached hydrogens (tertiary/aromatic N) is 1. The van der Waals surface area contributed by atoms with Crippen molar-refractivity contribution in [3.8, 4) is 0 Å². The molecule has 1 unspecified atom stereocenters. The first-order chi connectivity index (χ1) is 8.16. The summed E-state index contributed by atoms with van der Waals surface area (Å²) in [4.78, 5) is 2.23. The Hall–Kier alpha value is -0.860. The van der Waals surface area contributed by atoms with Crippen molar-refractivity contribution < 1.29 is 0 Å². The van der Waals surface area contributed by atoms with E-state index in [-0.39, 0.29) is 0 Å². The Morgan fingerprint density at radius 2 is 1.88 bits per heavy atom. The number of rotatable bonds is 6. The van der Waals surface area contributed by atoms with Crippen LogP contribution in [0.4, 0.5) is 0 Å². The third-order valence-electron chi connectivity index (χ3n) is 3.55. The van der Waals surface area contributed by atoms with E-state index in [0.29, 0.717) is 6.04 Å². The van der Waals surface area contributed by atoms with E-state index in [1.165, 1.54) is 24.0 Å². The van der Waals surface area contributed by atoms with Gasteiger partial charge in [0.25, 0.3) is 0 Å². The van der Waals surface area contributed by atoms with Crippen LogP contribution in [0, 0.1) is 5.92 Å². The topological polar surface area (TPSA) is 15.3 Å². The van der Waals surface area contributed by atoms with Gasteiger partial charge in [-0.25, -0.2) is 0 Å². The maximum atomic E-state index is 3.66. The molecule has 1 fully saturated rings. The van der Waals surface area contributed by atoms with Gasteiger partial charge in [0, 0.05) is 19.1 Å². The minimum atomic E-state index is 0.669. The van der Waals surface area contributed by atoms with Gasteiger partial charge in [0.2, 0.25) is 0 Å². The molecular weight excluding hydrogens is 208 g/mol. The molecule has 17 heavy (non-hydrogen) atoms. The van der Waals surface area contributed by atoms with E-state index in [1.54, 1.807) is 0 Å². The van der Waals surface area contributed by atoms with Gasteiger partial charge < -0.3 is 10.2 Å². The summed E-state index contributed by atoms with van der Waals surface area (Å²) < 4.78 is 0. The van der Waals surface area contributed by atoms with Crippen molar-refractivity contribution in [2.75, 3.05) is 14.1 Å². The minimum absolute atomic E-state index is 0.669. The van der Waals surface area contributed by atoms with Crippen molar-refractivity contribution in [3.63, 3.8) is 0 Å². The summed E-state index contributed by atoms with van der Waals surface area (Å²) in [6.45, 7) is 4.34. The molecular formula is C15H24N2. The highest BCUT2D eigenvalue weighted by atomic mass is 15.0. The van der Waals surface area contributed by atoms with E-state index in [2.05, 4.69) is 55.5 Å². The molecule has 1 saturated carbocycles. The van der Waals surface area contributed by atoms with Crippen molar-refractivity contribution in [1.82, 2.24) is 10.2 Å². The summed E-state index contributed by atoms with van der Waals surface area (Å²) in [7, 11) is 4.24. The van der Waals surface area contributed by atoms with Crippen molar-refractivity contribution in [1.29, 1.82) is 0 Å². The molecule has 0 aliphatic heterocycles. The molecule has 1 N–H and O–H groups in total. The van der Waals surface area contributed by atoms with E-state index in [4.69, 9.17) is 0 Å². The monoisotopic (exact) mass is 232 g/mol. The van der Waals surface area contributed by atoms with E-state index in [9.17, 15) is 0 Å². The SMILES string of the molecule is CC(NCc1ccccc1CN(C)C)C1CC1. The Morgan fingerprint density at radius 3 is 2.47 bits per heavy atom. The third-order valence-corrected chi connectivity index (χ3v) is 3.55. The van der Waals surface area contributed by atoms with Crippen LogP contribution >= 0.6 is 0 Å². The van der Waals surface area contributed by atoms with Gasteiger partial charge in [0.15, 0.2) is 0 Å². The Kier molecular flexibility index (Phi) is 4.19. The molecule has 1 aliphatic rings. The van der Waals surface area contributed by atoms with E-state index in [1.807, 2.05) is 0 Å². The summed E-state index contributed by atoms with van der Waals surface area (Å²) >= 11 is 0. The van der Waals surface area contributed by atoms with E-state index < -0.39 is 0 Å². The van der Waals surface area contributed by atoms with Gasteiger partial charge >= 0.3 is 0 Å². The first-order valence-electron chi connectivity index (χ1n) is 6.61. The Bertz CT molecular complexity index is 356. The van der Waals surface area contributed by atoms with Crippen molar-refractivity contribution in [3.05, 3.63) is 35.4 Å². The van der Waals surface area contributed by atoms with Crippen LogP contribution in [-0.4, -0.2) is 25.0 Å². The van der Waals surface area contributed by atoms with Gasteiger partial charge in [-0.2, -0.15) is 0 Å². The molecule has 2 rings (SSSR count). The Morgan fingerprint density at radius 1 is 1.24 bits per heavy atom. The zero-order chi connectivity index (χ0) is 12.3. The lowest BCUT2D eigenvalue weighted by molar-refractivity contribution is 0.399. The zero-order valence-electron chi connectivity index (χ0n) is 11.2. The van der Waals surface area contributed by atoms with E-state index in [0.717, 1.165) is 19.0 Å². The van der Waals surface area contributed by atoms with Crippen LogP contribution < -0.4 is 5.32 Å². The summed E-state index contributed by atoms with van der Waals surface area (Å²) in [6.07, 6.45) is 2.82. The lowest BCUT2D eigenvalue weighted by Gasteiger charge is -2.17. The maximum absolute atomic E-state index is 3.66. The molecule has 0 bridgehead atoms. The minimum Gasteiger partial charge on any atom is -0.310 e. The largest absolute Gasteiger partial charge is 0.310 e. The molecule has 0 aromatic heterocycles. The van der Waals surface area contributed by atoms with Crippen LogP contribution in [0.5, 0.6) is 0 Å². The molecule has 0 spiro atoms. The highest BCUT2D eigenvalue weighted by molar-refractivity contribution is 5.27. The van der Waals surface area contributed by atoms with Crippen molar-refractivity contribution in [2.24, 2.45) is 5.92 Å². The molecule has 2 heteroatoms. The Balaban J connectivity index is 1.93. The summed E-state index contributed by atoms with van der Waals surface area (Å²) in [5.74, 6) is 0.927. The second-order valence-corrected chi connectivity index (χ2v) is 5.51. The first-order valence-corrected chi connectivity index (χ1v) is 6.61. The molecule has 0 amide bonds. The van der Waals surface area contributed by atoms with Crippen LogP contribution in [0.2, 0.25) is 0 Å². The fraction of sp³-hybridized carbons (Fsp3) is 0.600. The highest BCUT2D eigenvalue weighted by Gasteiger charge is 2.27. The quantitative estimate of drug-likeness (QED) is 0.811. The second kappa shape index (κ2) is 5.65. The van der Waals surface area contributed by atoms with Crippen LogP contribution in [-0.2, 0) is 13.1 Å². The van der Waals surface area contributed by atoms with Crippen molar-refractivity contribution in [2.45, 2.75) is 38.9 Å². The molecule has 94 valence electrons. The number of benzene rings is 1. The lowest BCUT2D eigenvalue weighted by atomic mass is 10.1. The predicted molar refractivity (Wildman–Crippen MR) is 72.9 cm³/mol. The van der Waals surface area contributed by atoms with Crippen LogP contribution in [0.25, 0.3) is 0 Å². The lowest BCUT2D eigenvalue weighted by Crippen LogP contribution is -2.28. The van der Waals surface area contributed by atoms with Gasteiger partial charge in [-0.15, -0.1) is 0 Å². The zero-order valence-corrected chi connectivity index (χ0v) is 11.2. The summed E-state index contributed by atoms with van der Waals surface area (Å²) in [5, 5.41) is 3.66. The predicted octanol–water partition coefficient (Wildman–Crippen LogP) is 2.64. The van der Waals surface area contributed by atoms with Crippen LogP contribution in [0.1, 0.15) is 30.9 Å². The molecule has 0 radical (unpaired) electrons. The van der Waals surface area contributed by atoms with Crippen molar-refractivity contribution >= 4 is 0 Å². The van der Waals surface area contributed by atoms with Gasteiger partial charge in [-0.05, 0) is 50.9 Å². The first kappa shape index (κ1) is 12.6. The van der Waals surface area contributed by atoms with Gasteiger partial charge in [0.1, 0.15) is 0 Å². The second-order valence-electron chi connectivity index (χ2n) is 5.51. The molecule has 1 atom stereocenters. The molecule has 0 saturated heterocycles. The smallest absolute Gasteiger partial charge is 0.0230 e. The fourth-order valence-electron chi connectivity index (χ4n) is 2.26. The average molecular weight is 232 g/mol. The maximum Gasteiger partial charge on any atom is 0.0230 e. The van der Waals surface area contributed by atoms with Gasteiger partial charge in [-0.3, -0.25) is 0 Å². The average Bonchev–Trinajstić information content (AvgIpc) is 3.10. The molecule has 1 aromatic rings. The molecule has 1 aromatic carbocycles. The number of hydrogen-bond acceptors (Lipinski definition) is 2. The normalized spacial score (nSPS) is 17.4. The molecule has 2 nitrogen and oxygen atoms in total. The fourth-order valence-corrected chi connectivity index (χ4v) is 2.26. The number of nitrogens with one attached hydrogen (secondary N) is 1.